The largest absolute Gasteiger partial charge is 0.429 e. The summed E-state index contributed by atoms with van der Waals surface area (Å²) in [7, 11) is 0. The van der Waals surface area contributed by atoms with Gasteiger partial charge in [-0.25, -0.2) is 0 Å². The van der Waals surface area contributed by atoms with Crippen molar-refractivity contribution in [3.8, 4) is 0 Å². The van der Waals surface area contributed by atoms with E-state index in [2.05, 4.69) is 21.9 Å². The van der Waals surface area contributed by atoms with Crippen molar-refractivity contribution < 1.29 is 53.0 Å². The molecular formula is C7H8F11N3O. The quantitative estimate of drug-likeness (QED) is 0.366. The van der Waals surface area contributed by atoms with Crippen molar-refractivity contribution in [2.45, 2.75) is 35.9 Å². The summed E-state index contributed by atoms with van der Waals surface area (Å²) >= 11 is 0. The summed E-state index contributed by atoms with van der Waals surface area (Å²) in [5.41, 5.74) is 11.4. The number of rotatable bonds is 7. The molecule has 0 aromatic rings. The van der Waals surface area contributed by atoms with Crippen LogP contribution in [0.1, 0.15) is 0 Å². The zero-order chi connectivity index (χ0) is 18.4. The van der Waals surface area contributed by atoms with Gasteiger partial charge in [0.05, 0.1) is 6.54 Å². The molecule has 0 fully saturated rings. The Bertz CT molecular complexity index is 405. The summed E-state index contributed by atoms with van der Waals surface area (Å²) in [5.74, 6) is -25.6. The summed E-state index contributed by atoms with van der Waals surface area (Å²) in [4.78, 5) is 0. The molecule has 4 nitrogen and oxygen atoms in total. The molecule has 0 saturated heterocycles. The number of nitrogens with two attached hydrogens (primary N) is 3. The van der Waals surface area contributed by atoms with Gasteiger partial charge in [-0.15, -0.1) is 0 Å². The minimum absolute atomic E-state index is 2.08. The summed E-state index contributed by atoms with van der Waals surface area (Å²) in [6.45, 7) is -2.53. The Morgan fingerprint density at radius 2 is 1.05 bits per heavy atom. The molecule has 15 heteroatoms. The van der Waals surface area contributed by atoms with Crippen LogP contribution in [0.5, 0.6) is 0 Å². The van der Waals surface area contributed by atoms with Crippen molar-refractivity contribution >= 4 is 0 Å². The SMILES string of the molecule is NCC(F)(F)C(F)(F)C(F)(F)C(F)(F)OC(N)(F)C(N)(F)F. The van der Waals surface area contributed by atoms with E-state index in [1.807, 2.05) is 0 Å². The molecule has 0 aliphatic heterocycles. The van der Waals surface area contributed by atoms with Gasteiger partial charge in [-0.2, -0.15) is 48.3 Å². The molecule has 0 amide bonds. The van der Waals surface area contributed by atoms with Crippen LogP contribution in [-0.2, 0) is 4.74 Å². The van der Waals surface area contributed by atoms with Gasteiger partial charge in [-0.3, -0.25) is 16.2 Å². The number of hydrogen-bond donors (Lipinski definition) is 3. The van der Waals surface area contributed by atoms with Gasteiger partial charge >= 0.3 is 35.9 Å². The van der Waals surface area contributed by atoms with Crippen LogP contribution in [0.3, 0.4) is 0 Å². The van der Waals surface area contributed by atoms with E-state index in [4.69, 9.17) is 0 Å². The van der Waals surface area contributed by atoms with Gasteiger partial charge in [0.2, 0.25) is 0 Å². The fourth-order valence-corrected chi connectivity index (χ4v) is 0.859. The van der Waals surface area contributed by atoms with E-state index in [1.54, 1.807) is 0 Å². The number of hydrogen-bond acceptors (Lipinski definition) is 4. The first-order valence-corrected chi connectivity index (χ1v) is 4.83. The van der Waals surface area contributed by atoms with E-state index in [9.17, 15) is 48.3 Å². The van der Waals surface area contributed by atoms with Crippen LogP contribution in [0.25, 0.3) is 0 Å². The highest BCUT2D eigenvalue weighted by atomic mass is 19.4. The van der Waals surface area contributed by atoms with Gasteiger partial charge in [0.25, 0.3) is 0 Å². The molecule has 0 rings (SSSR count). The van der Waals surface area contributed by atoms with Crippen molar-refractivity contribution in [2.24, 2.45) is 17.2 Å². The van der Waals surface area contributed by atoms with E-state index in [0.717, 1.165) is 0 Å². The van der Waals surface area contributed by atoms with Crippen LogP contribution < -0.4 is 17.2 Å². The van der Waals surface area contributed by atoms with Crippen LogP contribution in [0.15, 0.2) is 0 Å². The van der Waals surface area contributed by atoms with E-state index >= 15 is 0 Å². The molecule has 0 aliphatic carbocycles. The van der Waals surface area contributed by atoms with Crippen molar-refractivity contribution in [1.29, 1.82) is 0 Å². The lowest BCUT2D eigenvalue weighted by molar-refractivity contribution is -0.471. The Hall–Kier alpha value is -0.930. The summed E-state index contributed by atoms with van der Waals surface area (Å²) in [6, 6.07) is -5.56. The monoisotopic (exact) mass is 359 g/mol. The zero-order valence-corrected chi connectivity index (χ0v) is 10.0. The van der Waals surface area contributed by atoms with Crippen molar-refractivity contribution in [3.63, 3.8) is 0 Å². The van der Waals surface area contributed by atoms with E-state index in [-0.39, 0.29) is 0 Å². The molecule has 134 valence electrons. The minimum atomic E-state index is -7.18. The van der Waals surface area contributed by atoms with Gasteiger partial charge in [-0.1, -0.05) is 0 Å². The second-order valence-corrected chi connectivity index (χ2v) is 3.94. The fraction of sp³-hybridized carbons (Fsp3) is 1.00. The molecule has 0 radical (unpaired) electrons. The first-order valence-electron chi connectivity index (χ1n) is 4.83. The highest BCUT2D eigenvalue weighted by Gasteiger charge is 2.82. The molecule has 1 unspecified atom stereocenters. The molecule has 0 heterocycles. The summed E-state index contributed by atoms with van der Waals surface area (Å²) < 4.78 is 142. The Kier molecular flexibility index (Phi) is 5.09. The summed E-state index contributed by atoms with van der Waals surface area (Å²) in [6.07, 6.45) is -6.90. The maximum atomic E-state index is 12.9. The number of ether oxygens (including phenoxy) is 1. The molecule has 0 spiro atoms. The van der Waals surface area contributed by atoms with Gasteiger partial charge in [0.1, 0.15) is 0 Å². The predicted octanol–water partition coefficient (Wildman–Crippen LogP) is 1.59. The van der Waals surface area contributed by atoms with Crippen LogP contribution in [-0.4, -0.2) is 42.4 Å². The smallest absolute Gasteiger partial charge is 0.325 e. The van der Waals surface area contributed by atoms with Crippen LogP contribution in [0.4, 0.5) is 48.3 Å². The molecule has 0 aliphatic rings. The maximum Gasteiger partial charge on any atom is 0.429 e. The Balaban J connectivity index is 5.79. The number of alkyl halides is 11. The average Bonchev–Trinajstić information content (AvgIpc) is 2.25. The zero-order valence-electron chi connectivity index (χ0n) is 10.0. The maximum absolute atomic E-state index is 12.9. The van der Waals surface area contributed by atoms with Crippen molar-refractivity contribution in [1.82, 2.24) is 0 Å². The number of halogens is 11. The molecular weight excluding hydrogens is 351 g/mol. The lowest BCUT2D eigenvalue weighted by Crippen LogP contribution is -2.69. The van der Waals surface area contributed by atoms with Gasteiger partial charge in [0, 0.05) is 0 Å². The first-order chi connectivity index (χ1) is 9.27. The first kappa shape index (κ1) is 21.1. The average molecular weight is 359 g/mol. The Morgan fingerprint density at radius 1 is 0.682 bits per heavy atom. The standard InChI is InChI=1S/C7H8F11N3O/c8-2(9,1-19)3(10,11)4(12,13)6(16,17)22-7(18,21)5(14,15)20/h1,19-21H2. The van der Waals surface area contributed by atoms with Gasteiger partial charge in [-0.05, 0) is 0 Å². The minimum Gasteiger partial charge on any atom is -0.325 e. The van der Waals surface area contributed by atoms with Crippen molar-refractivity contribution in [3.05, 3.63) is 0 Å². The van der Waals surface area contributed by atoms with E-state index in [0.29, 0.717) is 0 Å². The van der Waals surface area contributed by atoms with Gasteiger partial charge < -0.3 is 5.73 Å². The molecule has 0 saturated carbocycles. The third kappa shape index (κ3) is 3.21. The topological polar surface area (TPSA) is 87.3 Å². The second-order valence-electron chi connectivity index (χ2n) is 3.94. The molecule has 1 atom stereocenters. The Labute approximate surface area is 114 Å². The predicted molar refractivity (Wildman–Crippen MR) is 47.1 cm³/mol. The highest BCUT2D eigenvalue weighted by molar-refractivity contribution is 5.01. The van der Waals surface area contributed by atoms with E-state index < -0.39 is 42.4 Å². The summed E-state index contributed by atoms with van der Waals surface area (Å²) in [5, 5.41) is 0. The van der Waals surface area contributed by atoms with E-state index in [1.165, 1.54) is 0 Å². The van der Waals surface area contributed by atoms with Crippen LogP contribution >= 0.6 is 0 Å². The molecule has 22 heavy (non-hydrogen) atoms. The molecule has 0 aromatic carbocycles. The molecule has 0 bridgehead atoms. The normalized spacial score (nSPS) is 18.3. The highest BCUT2D eigenvalue weighted by Crippen LogP contribution is 2.53. The van der Waals surface area contributed by atoms with Crippen molar-refractivity contribution in [2.75, 3.05) is 6.54 Å². The van der Waals surface area contributed by atoms with Gasteiger partial charge in [0.15, 0.2) is 0 Å². The molecule has 0 aromatic heterocycles. The molecule has 6 N–H and O–H groups in total. The fourth-order valence-electron chi connectivity index (χ4n) is 0.859. The van der Waals surface area contributed by atoms with Crippen LogP contribution in [0, 0.1) is 0 Å². The Morgan fingerprint density at radius 3 is 1.32 bits per heavy atom. The lowest BCUT2D eigenvalue weighted by atomic mass is 10.0. The second kappa shape index (κ2) is 5.31. The third-order valence-electron chi connectivity index (χ3n) is 2.21. The lowest BCUT2D eigenvalue weighted by Gasteiger charge is -2.38. The third-order valence-corrected chi connectivity index (χ3v) is 2.21. The van der Waals surface area contributed by atoms with Crippen LogP contribution in [0.2, 0.25) is 0 Å².